The number of rotatable bonds is 60. The third kappa shape index (κ3) is 64.8. The van der Waals surface area contributed by atoms with Crippen molar-refractivity contribution >= 4 is 17.9 Å². The molecular weight excluding hydrogens is 973 g/mol. The number of ether oxygens (including phenoxy) is 3. The Kier molecular flexibility index (Phi) is 63.3. The molecule has 452 valence electrons. The lowest BCUT2D eigenvalue weighted by atomic mass is 10.0. The van der Waals surface area contributed by atoms with Gasteiger partial charge < -0.3 is 14.2 Å². The summed E-state index contributed by atoms with van der Waals surface area (Å²) in [6.07, 6.45) is 91.0. The van der Waals surface area contributed by atoms with Crippen LogP contribution in [0.4, 0.5) is 0 Å². The van der Waals surface area contributed by atoms with E-state index in [2.05, 4.69) is 130 Å². The number of hydrogen-bond acceptors (Lipinski definition) is 6. The van der Waals surface area contributed by atoms with Gasteiger partial charge in [-0.15, -0.1) is 0 Å². The number of esters is 3. The summed E-state index contributed by atoms with van der Waals surface area (Å²) in [5, 5.41) is 0. The Morgan fingerprint density at radius 1 is 0.266 bits per heavy atom. The lowest BCUT2D eigenvalue weighted by Crippen LogP contribution is -2.30. The van der Waals surface area contributed by atoms with Gasteiger partial charge in [-0.3, -0.25) is 14.4 Å². The van der Waals surface area contributed by atoms with Gasteiger partial charge >= 0.3 is 17.9 Å². The van der Waals surface area contributed by atoms with Crippen molar-refractivity contribution in [3.63, 3.8) is 0 Å². The largest absolute Gasteiger partial charge is 0.462 e. The van der Waals surface area contributed by atoms with E-state index in [0.717, 1.165) is 128 Å². The van der Waals surface area contributed by atoms with Gasteiger partial charge in [-0.05, 0) is 109 Å². The normalized spacial score (nSPS) is 12.8. The fraction of sp³-hybridized carbons (Fsp3) is 0.712. The highest BCUT2D eigenvalue weighted by Crippen LogP contribution is 2.16. The molecule has 1 atom stereocenters. The molecule has 0 N–H and O–H groups in total. The van der Waals surface area contributed by atoms with Gasteiger partial charge in [-0.1, -0.05) is 297 Å². The van der Waals surface area contributed by atoms with Crippen LogP contribution < -0.4 is 0 Å². The molecule has 0 rings (SSSR count). The van der Waals surface area contributed by atoms with E-state index in [1.165, 1.54) is 148 Å². The number of unbranched alkanes of at least 4 members (excludes halogenated alkanes) is 31. The summed E-state index contributed by atoms with van der Waals surface area (Å²) in [6, 6.07) is 0. The number of hydrogen-bond donors (Lipinski definition) is 0. The zero-order valence-corrected chi connectivity index (χ0v) is 51.9. The Labute approximate surface area is 489 Å². The van der Waals surface area contributed by atoms with Crippen molar-refractivity contribution < 1.29 is 28.6 Å². The molecule has 1 unspecified atom stereocenters. The first-order chi connectivity index (χ1) is 39.0. The molecule has 0 aliphatic rings. The highest BCUT2D eigenvalue weighted by atomic mass is 16.6. The molecule has 0 heterocycles. The van der Waals surface area contributed by atoms with Crippen LogP contribution in [0.5, 0.6) is 0 Å². The first-order valence-corrected chi connectivity index (χ1v) is 33.4. The van der Waals surface area contributed by atoms with Gasteiger partial charge in [-0.2, -0.15) is 0 Å². The zero-order chi connectivity index (χ0) is 57.1. The van der Waals surface area contributed by atoms with E-state index < -0.39 is 6.10 Å². The fourth-order valence-corrected chi connectivity index (χ4v) is 9.28. The highest BCUT2D eigenvalue weighted by molar-refractivity contribution is 5.71. The van der Waals surface area contributed by atoms with Gasteiger partial charge in [0, 0.05) is 19.3 Å². The number of carbonyl (C=O) groups is 3. The molecule has 0 aromatic carbocycles. The zero-order valence-electron chi connectivity index (χ0n) is 51.9. The molecule has 6 heteroatoms. The first kappa shape index (κ1) is 75.1. The molecule has 0 saturated carbocycles. The van der Waals surface area contributed by atoms with Gasteiger partial charge in [0.1, 0.15) is 13.2 Å². The Morgan fingerprint density at radius 3 is 0.772 bits per heavy atom. The van der Waals surface area contributed by atoms with Crippen molar-refractivity contribution in [3.8, 4) is 0 Å². The lowest BCUT2D eigenvalue weighted by Gasteiger charge is -2.18. The molecule has 0 amide bonds. The van der Waals surface area contributed by atoms with Gasteiger partial charge in [0.2, 0.25) is 0 Å². The summed E-state index contributed by atoms with van der Waals surface area (Å²) >= 11 is 0. The predicted molar refractivity (Wildman–Crippen MR) is 343 cm³/mol. The van der Waals surface area contributed by atoms with E-state index in [9.17, 15) is 14.4 Å². The minimum absolute atomic E-state index is 0.0833. The smallest absolute Gasteiger partial charge is 0.306 e. The second-order valence-electron chi connectivity index (χ2n) is 22.0. The van der Waals surface area contributed by atoms with E-state index in [0.29, 0.717) is 19.3 Å². The minimum Gasteiger partial charge on any atom is -0.462 e. The summed E-state index contributed by atoms with van der Waals surface area (Å²) in [7, 11) is 0. The highest BCUT2D eigenvalue weighted by Gasteiger charge is 2.19. The summed E-state index contributed by atoms with van der Waals surface area (Å²) < 4.78 is 16.9. The van der Waals surface area contributed by atoms with Crippen molar-refractivity contribution in [3.05, 3.63) is 109 Å². The summed E-state index contributed by atoms with van der Waals surface area (Å²) in [5.74, 6) is -0.897. The molecule has 0 radical (unpaired) electrons. The third-order valence-electron chi connectivity index (χ3n) is 14.3. The van der Waals surface area contributed by atoms with Crippen LogP contribution in [0.25, 0.3) is 0 Å². The number of carbonyl (C=O) groups excluding carboxylic acids is 3. The molecule has 0 spiro atoms. The minimum atomic E-state index is -0.788. The Bertz CT molecular complexity index is 1590. The SMILES string of the molecule is CC/C=C\C/C=C\C/C=C\C/C=C\C/C=C\C/C=C\C/C=C\CCCCCCCC(=O)OCC(COC(=O)CCCCCCCCCCCCC)OC(=O)CCCCCCCCCCCCC/C=C\C/C=C\CCCCCCC. The van der Waals surface area contributed by atoms with Crippen molar-refractivity contribution in [2.75, 3.05) is 13.2 Å². The maximum Gasteiger partial charge on any atom is 0.306 e. The average Bonchev–Trinajstić information content (AvgIpc) is 3.45. The van der Waals surface area contributed by atoms with Gasteiger partial charge in [-0.25, -0.2) is 0 Å². The van der Waals surface area contributed by atoms with Gasteiger partial charge in [0.05, 0.1) is 0 Å². The van der Waals surface area contributed by atoms with Crippen LogP contribution >= 0.6 is 0 Å². The molecule has 0 aliphatic heterocycles. The molecule has 79 heavy (non-hydrogen) atoms. The maximum absolute atomic E-state index is 12.9. The van der Waals surface area contributed by atoms with Crippen LogP contribution in [0.1, 0.15) is 316 Å². The lowest BCUT2D eigenvalue weighted by molar-refractivity contribution is -0.167. The molecule has 0 aromatic heterocycles. The average molecular weight is 1100 g/mol. The Morgan fingerprint density at radius 2 is 0.494 bits per heavy atom. The van der Waals surface area contributed by atoms with Crippen molar-refractivity contribution in [1.82, 2.24) is 0 Å². The topological polar surface area (TPSA) is 78.9 Å². The van der Waals surface area contributed by atoms with Crippen LogP contribution in [-0.4, -0.2) is 37.2 Å². The van der Waals surface area contributed by atoms with Crippen LogP contribution in [-0.2, 0) is 28.6 Å². The van der Waals surface area contributed by atoms with Gasteiger partial charge in [0.15, 0.2) is 6.10 Å². The molecule has 6 nitrogen and oxygen atoms in total. The Hall–Kier alpha value is -3.93. The molecule has 0 saturated heterocycles. The van der Waals surface area contributed by atoms with E-state index in [1.807, 2.05) is 0 Å². The second kappa shape index (κ2) is 66.6. The third-order valence-corrected chi connectivity index (χ3v) is 14.3. The Balaban J connectivity index is 4.33. The number of allylic oxidation sites excluding steroid dienone is 18. The molecule has 0 fully saturated rings. The fourth-order valence-electron chi connectivity index (χ4n) is 9.28. The molecular formula is C73H124O6. The summed E-state index contributed by atoms with van der Waals surface area (Å²) in [5.41, 5.74) is 0. The van der Waals surface area contributed by atoms with E-state index in [-0.39, 0.29) is 31.1 Å². The van der Waals surface area contributed by atoms with E-state index in [1.54, 1.807) is 0 Å². The quantitative estimate of drug-likeness (QED) is 0.0261. The van der Waals surface area contributed by atoms with Crippen molar-refractivity contribution in [2.45, 2.75) is 322 Å². The van der Waals surface area contributed by atoms with Crippen LogP contribution in [0.15, 0.2) is 109 Å². The maximum atomic E-state index is 12.9. The van der Waals surface area contributed by atoms with E-state index in [4.69, 9.17) is 14.2 Å². The van der Waals surface area contributed by atoms with Crippen LogP contribution in [0.3, 0.4) is 0 Å². The van der Waals surface area contributed by atoms with E-state index >= 15 is 0 Å². The van der Waals surface area contributed by atoms with Crippen molar-refractivity contribution in [2.24, 2.45) is 0 Å². The molecule has 0 aliphatic carbocycles. The molecule has 0 bridgehead atoms. The first-order valence-electron chi connectivity index (χ1n) is 33.4. The second-order valence-corrected chi connectivity index (χ2v) is 22.0. The van der Waals surface area contributed by atoms with Crippen molar-refractivity contribution in [1.29, 1.82) is 0 Å². The van der Waals surface area contributed by atoms with Crippen LogP contribution in [0, 0.1) is 0 Å². The standard InChI is InChI=1S/C73H124O6/c1-4-7-10-13-16-19-22-24-26-28-30-32-34-35-36-37-39-40-42-44-46-48-51-54-57-60-63-66-72(75)78-69-70(68-77-71(74)65-62-59-56-53-50-21-18-15-12-9-6-3)79-73(76)67-64-61-58-55-52-49-47-45-43-41-38-33-31-29-27-25-23-20-17-14-11-8-5-2/h7,10,16,19,23-26,29-32,35-36,39-40,44,46,70H,4-6,8-9,11-15,17-18,20-22,27-28,33-34,37-38,41-43,45,47-69H2,1-3H3/b10-7-,19-16-,25-23-,26-24-,31-29-,32-30-,36-35-,40-39-,46-44-. The predicted octanol–water partition coefficient (Wildman–Crippen LogP) is 23.0. The summed E-state index contributed by atoms with van der Waals surface area (Å²) in [4.78, 5) is 38.3. The van der Waals surface area contributed by atoms with Crippen LogP contribution in [0.2, 0.25) is 0 Å². The summed E-state index contributed by atoms with van der Waals surface area (Å²) in [6.45, 7) is 6.52. The molecule has 0 aromatic rings. The van der Waals surface area contributed by atoms with Gasteiger partial charge in [0.25, 0.3) is 0 Å². The monoisotopic (exact) mass is 1100 g/mol.